The van der Waals surface area contributed by atoms with Gasteiger partial charge in [-0.15, -0.1) is 0 Å². The molecule has 184 valence electrons. The number of rotatable bonds is 9. The maximum Gasteiger partial charge on any atom is 0.336 e. The second kappa shape index (κ2) is 10.3. The van der Waals surface area contributed by atoms with Gasteiger partial charge in [-0.25, -0.2) is 4.79 Å². The Kier molecular flexibility index (Phi) is 7.00. The Morgan fingerprint density at radius 1 is 0.861 bits per heavy atom. The number of nitrogens with one attached hydrogen (secondary N) is 1. The fraction of sp³-hybridized carbons (Fsp3) is 0.185. The Morgan fingerprint density at radius 2 is 1.67 bits per heavy atom. The SMILES string of the molecule is O=C(O)CCCCCNC(=O)c1ccc(C(=O)O)c(-c2c3ccc(=O)cc-3oc3cc(O)ccc23)c1. The summed E-state index contributed by atoms with van der Waals surface area (Å²) in [7, 11) is 0. The predicted octanol–water partition coefficient (Wildman–Crippen LogP) is 4.34. The lowest BCUT2D eigenvalue weighted by Crippen LogP contribution is -2.24. The number of carbonyl (C=O) groups is 3. The van der Waals surface area contributed by atoms with Crippen LogP contribution in [0.4, 0.5) is 0 Å². The monoisotopic (exact) mass is 489 g/mol. The summed E-state index contributed by atoms with van der Waals surface area (Å²) in [4.78, 5) is 47.5. The molecule has 4 rings (SSSR count). The molecule has 1 amide bonds. The number of hydrogen-bond acceptors (Lipinski definition) is 6. The third-order valence-corrected chi connectivity index (χ3v) is 5.81. The van der Waals surface area contributed by atoms with Crippen LogP contribution in [-0.4, -0.2) is 39.7 Å². The molecule has 0 radical (unpaired) electrons. The van der Waals surface area contributed by atoms with E-state index < -0.39 is 17.8 Å². The van der Waals surface area contributed by atoms with Crippen LogP contribution >= 0.6 is 0 Å². The number of fused-ring (bicyclic) bond motifs is 2. The van der Waals surface area contributed by atoms with Crippen LogP contribution in [0.15, 0.2) is 63.8 Å². The Labute approximate surface area is 205 Å². The van der Waals surface area contributed by atoms with E-state index in [0.717, 1.165) is 0 Å². The molecule has 0 atom stereocenters. The second-order valence-electron chi connectivity index (χ2n) is 8.34. The van der Waals surface area contributed by atoms with Crippen LogP contribution in [0, 0.1) is 0 Å². The average Bonchev–Trinajstić information content (AvgIpc) is 2.83. The number of aliphatic carboxylic acids is 1. The maximum atomic E-state index is 12.8. The number of benzene rings is 3. The predicted molar refractivity (Wildman–Crippen MR) is 132 cm³/mol. The van der Waals surface area contributed by atoms with Crippen LogP contribution in [0.3, 0.4) is 0 Å². The highest BCUT2D eigenvalue weighted by Gasteiger charge is 2.23. The smallest absolute Gasteiger partial charge is 0.336 e. The fourth-order valence-electron chi connectivity index (χ4n) is 4.11. The van der Waals surface area contributed by atoms with Gasteiger partial charge in [0.15, 0.2) is 5.43 Å². The van der Waals surface area contributed by atoms with Crippen molar-refractivity contribution >= 4 is 28.8 Å². The van der Waals surface area contributed by atoms with E-state index in [9.17, 15) is 29.4 Å². The van der Waals surface area contributed by atoms with Gasteiger partial charge in [-0.3, -0.25) is 14.4 Å². The van der Waals surface area contributed by atoms with E-state index in [-0.39, 0.29) is 45.6 Å². The molecule has 2 aromatic rings. The van der Waals surface area contributed by atoms with E-state index >= 15 is 0 Å². The lowest BCUT2D eigenvalue weighted by Gasteiger charge is -2.17. The van der Waals surface area contributed by atoms with Gasteiger partial charge >= 0.3 is 11.9 Å². The van der Waals surface area contributed by atoms with Crippen molar-refractivity contribution in [1.82, 2.24) is 5.32 Å². The van der Waals surface area contributed by atoms with E-state index in [1.807, 2.05) is 0 Å². The molecular weight excluding hydrogens is 466 g/mol. The van der Waals surface area contributed by atoms with Gasteiger partial charge in [0.1, 0.15) is 17.1 Å². The minimum absolute atomic E-state index is 0.0479. The molecule has 4 N–H and O–H groups in total. The Balaban J connectivity index is 1.76. The van der Waals surface area contributed by atoms with Gasteiger partial charge in [-0.2, -0.15) is 0 Å². The minimum atomic E-state index is -1.20. The molecule has 0 saturated carbocycles. The van der Waals surface area contributed by atoms with Crippen molar-refractivity contribution in [2.75, 3.05) is 6.54 Å². The van der Waals surface area contributed by atoms with Crippen LogP contribution in [0.2, 0.25) is 0 Å². The van der Waals surface area contributed by atoms with Gasteiger partial charge in [0.2, 0.25) is 0 Å². The van der Waals surface area contributed by atoms with Crippen LogP contribution in [-0.2, 0) is 4.79 Å². The third-order valence-electron chi connectivity index (χ3n) is 5.81. The van der Waals surface area contributed by atoms with Crippen molar-refractivity contribution in [3.63, 3.8) is 0 Å². The van der Waals surface area contributed by atoms with Gasteiger partial charge in [0, 0.05) is 47.2 Å². The van der Waals surface area contributed by atoms with Crippen LogP contribution in [0.25, 0.3) is 33.4 Å². The molecule has 0 bridgehead atoms. The van der Waals surface area contributed by atoms with E-state index in [2.05, 4.69) is 5.32 Å². The highest BCUT2D eigenvalue weighted by atomic mass is 16.4. The number of phenolic OH excluding ortho intramolecular Hbond substituents is 1. The zero-order chi connectivity index (χ0) is 25.8. The highest BCUT2D eigenvalue weighted by molar-refractivity contribution is 6.09. The normalized spacial score (nSPS) is 11.0. The number of carboxylic acid groups (broad SMARTS) is 2. The summed E-state index contributed by atoms with van der Waals surface area (Å²) in [5.41, 5.74) is 1.32. The van der Waals surface area contributed by atoms with Crippen molar-refractivity contribution in [2.24, 2.45) is 0 Å². The highest BCUT2D eigenvalue weighted by Crippen LogP contribution is 2.42. The summed E-state index contributed by atoms with van der Waals surface area (Å²) in [5.74, 6) is -2.31. The van der Waals surface area contributed by atoms with Crippen molar-refractivity contribution in [2.45, 2.75) is 25.7 Å². The van der Waals surface area contributed by atoms with Gasteiger partial charge in [0.25, 0.3) is 5.91 Å². The number of amides is 1. The van der Waals surface area contributed by atoms with Crippen molar-refractivity contribution in [3.05, 3.63) is 75.9 Å². The first-order valence-electron chi connectivity index (χ1n) is 11.3. The number of aromatic carboxylic acids is 1. The summed E-state index contributed by atoms with van der Waals surface area (Å²) in [6.07, 6.45) is 1.85. The van der Waals surface area contributed by atoms with Crippen LogP contribution in [0.1, 0.15) is 46.4 Å². The third kappa shape index (κ3) is 5.20. The van der Waals surface area contributed by atoms with Gasteiger partial charge in [-0.05, 0) is 60.9 Å². The number of hydrogen-bond donors (Lipinski definition) is 4. The largest absolute Gasteiger partial charge is 0.508 e. The molecule has 36 heavy (non-hydrogen) atoms. The van der Waals surface area contributed by atoms with Gasteiger partial charge in [-0.1, -0.05) is 6.42 Å². The summed E-state index contributed by atoms with van der Waals surface area (Å²) in [5, 5.41) is 31.8. The first kappa shape index (κ1) is 24.5. The van der Waals surface area contributed by atoms with Crippen LogP contribution in [0.5, 0.6) is 5.75 Å². The molecule has 0 spiro atoms. The fourth-order valence-corrected chi connectivity index (χ4v) is 4.11. The topological polar surface area (TPSA) is 154 Å². The van der Waals surface area contributed by atoms with E-state index in [1.54, 1.807) is 6.07 Å². The van der Waals surface area contributed by atoms with E-state index in [1.165, 1.54) is 48.5 Å². The minimum Gasteiger partial charge on any atom is -0.508 e. The molecule has 0 fully saturated rings. The number of carbonyl (C=O) groups excluding carboxylic acids is 1. The number of phenols is 1. The first-order valence-corrected chi connectivity index (χ1v) is 11.3. The van der Waals surface area contributed by atoms with Crippen molar-refractivity contribution < 1.29 is 34.1 Å². The van der Waals surface area contributed by atoms with Gasteiger partial charge in [0.05, 0.1) is 5.56 Å². The summed E-state index contributed by atoms with van der Waals surface area (Å²) in [6, 6.07) is 12.8. The summed E-state index contributed by atoms with van der Waals surface area (Å²) < 4.78 is 5.82. The maximum absolute atomic E-state index is 12.8. The van der Waals surface area contributed by atoms with E-state index in [0.29, 0.717) is 42.3 Å². The molecule has 2 aliphatic rings. The number of aromatic hydroxyl groups is 1. The Hall–Kier alpha value is -4.66. The summed E-state index contributed by atoms with van der Waals surface area (Å²) in [6.45, 7) is 0.343. The molecular formula is C27H23NO8. The van der Waals surface area contributed by atoms with Crippen LogP contribution < -0.4 is 10.7 Å². The molecule has 9 nitrogen and oxygen atoms in total. The Morgan fingerprint density at radius 3 is 2.42 bits per heavy atom. The number of unbranched alkanes of at least 4 members (excludes halogenated alkanes) is 2. The zero-order valence-corrected chi connectivity index (χ0v) is 19.1. The molecule has 2 aromatic carbocycles. The number of carboxylic acids is 2. The quantitative estimate of drug-likeness (QED) is 0.200. The second-order valence-corrected chi connectivity index (χ2v) is 8.34. The molecule has 1 aliphatic carbocycles. The zero-order valence-electron chi connectivity index (χ0n) is 19.1. The molecule has 1 aliphatic heterocycles. The molecule has 1 heterocycles. The standard InChI is InChI=1S/C27H23NO8/c29-16-6-9-19-22(13-16)36-23-14-17(30)7-10-20(23)25(19)21-12-15(5-8-18(21)27(34)35)26(33)28-11-3-1-2-4-24(31)32/h5-10,12-14,29H,1-4,11H2,(H,28,33)(H,31,32)(H,34,35). The molecule has 9 heteroatoms. The lowest BCUT2D eigenvalue weighted by atomic mass is 9.89. The summed E-state index contributed by atoms with van der Waals surface area (Å²) >= 11 is 0. The average molecular weight is 489 g/mol. The van der Waals surface area contributed by atoms with Crippen molar-refractivity contribution in [3.8, 4) is 28.2 Å². The molecule has 0 saturated heterocycles. The molecule has 0 aromatic heterocycles. The Bertz CT molecular complexity index is 1500. The van der Waals surface area contributed by atoms with Gasteiger partial charge < -0.3 is 25.1 Å². The van der Waals surface area contributed by atoms with Crippen molar-refractivity contribution in [1.29, 1.82) is 0 Å². The lowest BCUT2D eigenvalue weighted by molar-refractivity contribution is -0.137. The first-order chi connectivity index (χ1) is 17.2. The molecule has 0 unspecified atom stereocenters. The van der Waals surface area contributed by atoms with E-state index in [4.69, 9.17) is 9.52 Å².